The number of ether oxygens (including phenoxy) is 7. The molecule has 0 aliphatic carbocycles. The molecule has 2 aliphatic heterocycles. The van der Waals surface area contributed by atoms with Crippen LogP contribution in [-0.2, 0) is 51.2 Å². The van der Waals surface area contributed by atoms with Gasteiger partial charge in [0.25, 0.3) is 0 Å². The van der Waals surface area contributed by atoms with Gasteiger partial charge in [0.15, 0.2) is 0 Å². The number of hydrogen-bond donors (Lipinski definition) is 1. The predicted molar refractivity (Wildman–Crippen MR) is 204 cm³/mol. The fourth-order valence-electron chi connectivity index (χ4n) is 6.97. The molecule has 1 unspecified atom stereocenters. The standard InChI is InChI=1S/C41H61N3O10/c1-28(2)38(45)53-29(3)54-40(47)44-25-37(52-27-31-12-15-36-35(22-31)43(17-19-51-36)16-9-18-48-7)34(23-33(44)24-41(4,5)39(46)42-6)32-13-10-30(11-14-32)26-50-21-20-49-8/h10-15,22,28-29,33-34,37H,9,16-21,23-27H2,1-8H3,(H,42,46)/t29?,33-,34+,37-/m0/s1. The van der Waals surface area contributed by atoms with E-state index in [0.717, 1.165) is 47.6 Å². The number of nitrogens with one attached hydrogen (secondary N) is 1. The lowest BCUT2D eigenvalue weighted by atomic mass is 9.76. The van der Waals surface area contributed by atoms with Crippen molar-refractivity contribution in [2.45, 2.75) is 91.4 Å². The molecule has 1 saturated heterocycles. The maximum absolute atomic E-state index is 14.0. The molecular weight excluding hydrogens is 694 g/mol. The molecule has 300 valence electrons. The number of rotatable bonds is 19. The van der Waals surface area contributed by atoms with Crippen LogP contribution in [0.2, 0.25) is 0 Å². The van der Waals surface area contributed by atoms with Gasteiger partial charge in [-0.3, -0.25) is 9.59 Å². The molecule has 13 heteroatoms. The normalized spacial score (nSPS) is 19.2. The van der Waals surface area contributed by atoms with Crippen LogP contribution in [0.5, 0.6) is 5.75 Å². The van der Waals surface area contributed by atoms with E-state index in [2.05, 4.69) is 40.5 Å². The SMILES string of the molecule is CNC(=O)C(C)(C)C[C@@H]1C[C@H](c2ccc(COCCOC)cc2)[C@@H](OCc2ccc3c(c2)N(CCCOC)CCO3)CN1C(=O)OC(C)OC(=O)C(C)C. The molecule has 0 saturated carbocycles. The zero-order valence-corrected chi connectivity index (χ0v) is 33.4. The van der Waals surface area contributed by atoms with Gasteiger partial charge in [0.05, 0.1) is 57.2 Å². The molecular formula is C41H61N3O10. The third kappa shape index (κ3) is 12.0. The maximum atomic E-state index is 14.0. The summed E-state index contributed by atoms with van der Waals surface area (Å²) in [6.07, 6.45) is -0.377. The van der Waals surface area contributed by atoms with Crippen molar-refractivity contribution in [1.82, 2.24) is 10.2 Å². The molecule has 2 aliphatic rings. The smallest absolute Gasteiger partial charge is 0.413 e. The fraction of sp³-hybridized carbons (Fsp3) is 0.634. The van der Waals surface area contributed by atoms with E-state index in [1.165, 1.54) is 6.92 Å². The van der Waals surface area contributed by atoms with Crippen LogP contribution in [0, 0.1) is 11.3 Å². The molecule has 2 aromatic rings. The molecule has 2 amide bonds. The van der Waals surface area contributed by atoms with Gasteiger partial charge in [0.1, 0.15) is 12.4 Å². The van der Waals surface area contributed by atoms with Gasteiger partial charge >= 0.3 is 12.1 Å². The topological polar surface area (TPSA) is 134 Å². The number of anilines is 1. The first-order valence-electron chi connectivity index (χ1n) is 19.0. The third-order valence-corrected chi connectivity index (χ3v) is 9.97. The Balaban J connectivity index is 1.63. The fourth-order valence-corrected chi connectivity index (χ4v) is 6.97. The van der Waals surface area contributed by atoms with Crippen molar-refractivity contribution in [2.24, 2.45) is 11.3 Å². The second-order valence-corrected chi connectivity index (χ2v) is 15.0. The van der Waals surface area contributed by atoms with E-state index >= 15 is 0 Å². The van der Waals surface area contributed by atoms with Gasteiger partial charge in [0, 0.05) is 58.7 Å². The predicted octanol–water partition coefficient (Wildman–Crippen LogP) is 5.67. The average Bonchev–Trinajstić information content (AvgIpc) is 3.15. The molecule has 0 radical (unpaired) electrons. The van der Waals surface area contributed by atoms with E-state index in [9.17, 15) is 14.4 Å². The van der Waals surface area contributed by atoms with Crippen molar-refractivity contribution in [1.29, 1.82) is 0 Å². The summed E-state index contributed by atoms with van der Waals surface area (Å²) in [4.78, 5) is 43.2. The first-order chi connectivity index (χ1) is 25.9. The Morgan fingerprint density at radius 2 is 1.67 bits per heavy atom. The molecule has 2 heterocycles. The Morgan fingerprint density at radius 1 is 0.944 bits per heavy atom. The van der Waals surface area contributed by atoms with Crippen LogP contribution < -0.4 is 15.0 Å². The van der Waals surface area contributed by atoms with E-state index in [4.69, 9.17) is 33.2 Å². The second kappa shape index (κ2) is 20.7. The number of piperidine rings is 1. The summed E-state index contributed by atoms with van der Waals surface area (Å²) in [5, 5.41) is 2.77. The Morgan fingerprint density at radius 3 is 2.35 bits per heavy atom. The van der Waals surface area contributed by atoms with Gasteiger partial charge in [-0.1, -0.05) is 58.0 Å². The number of hydrogen-bond acceptors (Lipinski definition) is 11. The first-order valence-corrected chi connectivity index (χ1v) is 19.0. The minimum absolute atomic E-state index is 0.120. The lowest BCUT2D eigenvalue weighted by Gasteiger charge is -2.45. The Labute approximate surface area is 320 Å². The highest BCUT2D eigenvalue weighted by atomic mass is 16.7. The van der Waals surface area contributed by atoms with Crippen molar-refractivity contribution in [3.63, 3.8) is 0 Å². The van der Waals surface area contributed by atoms with E-state index in [1.807, 2.05) is 26.0 Å². The van der Waals surface area contributed by atoms with Crippen molar-refractivity contribution in [3.8, 4) is 5.75 Å². The minimum Gasteiger partial charge on any atom is -0.490 e. The number of methoxy groups -OCH3 is 2. The Bertz CT molecular complexity index is 1500. The number of benzene rings is 2. The monoisotopic (exact) mass is 755 g/mol. The number of amides is 2. The summed E-state index contributed by atoms with van der Waals surface area (Å²) in [5.41, 5.74) is 3.29. The van der Waals surface area contributed by atoms with Gasteiger partial charge in [0.2, 0.25) is 12.2 Å². The second-order valence-electron chi connectivity index (χ2n) is 15.0. The maximum Gasteiger partial charge on any atom is 0.413 e. The summed E-state index contributed by atoms with van der Waals surface area (Å²) >= 11 is 0. The van der Waals surface area contributed by atoms with Crippen LogP contribution in [0.1, 0.15) is 76.5 Å². The summed E-state index contributed by atoms with van der Waals surface area (Å²) < 4.78 is 40.0. The molecule has 54 heavy (non-hydrogen) atoms. The lowest BCUT2D eigenvalue weighted by Crippen LogP contribution is -2.55. The van der Waals surface area contributed by atoms with Crippen LogP contribution >= 0.6 is 0 Å². The van der Waals surface area contributed by atoms with Gasteiger partial charge in [-0.05, 0) is 48.1 Å². The van der Waals surface area contributed by atoms with Crippen LogP contribution in [0.4, 0.5) is 10.5 Å². The Hall–Kier alpha value is -3.91. The number of nitrogens with zero attached hydrogens (tertiary/aromatic N) is 2. The molecule has 0 bridgehead atoms. The van der Waals surface area contributed by atoms with E-state index in [0.29, 0.717) is 52.5 Å². The largest absolute Gasteiger partial charge is 0.490 e. The van der Waals surface area contributed by atoms with Crippen LogP contribution in [0.25, 0.3) is 0 Å². The zero-order chi connectivity index (χ0) is 39.3. The molecule has 0 spiro atoms. The van der Waals surface area contributed by atoms with Gasteiger partial charge in [-0.25, -0.2) is 4.79 Å². The highest BCUT2D eigenvalue weighted by Crippen LogP contribution is 2.40. The van der Waals surface area contributed by atoms with Crippen molar-refractivity contribution in [2.75, 3.05) is 72.2 Å². The summed E-state index contributed by atoms with van der Waals surface area (Å²) in [7, 11) is 4.97. The third-order valence-electron chi connectivity index (χ3n) is 9.97. The minimum atomic E-state index is -1.10. The summed E-state index contributed by atoms with van der Waals surface area (Å²) in [5.74, 6) is -0.252. The molecule has 2 aromatic carbocycles. The number of likely N-dealkylation sites (tertiary alicyclic amines) is 1. The lowest BCUT2D eigenvalue weighted by molar-refractivity contribution is -0.171. The van der Waals surface area contributed by atoms with Crippen molar-refractivity contribution >= 4 is 23.7 Å². The summed E-state index contributed by atoms with van der Waals surface area (Å²) in [6.45, 7) is 13.6. The Kier molecular flexibility index (Phi) is 16.4. The molecule has 1 N–H and O–H groups in total. The van der Waals surface area contributed by atoms with Crippen LogP contribution in [0.3, 0.4) is 0 Å². The van der Waals surface area contributed by atoms with Crippen molar-refractivity contribution < 1.29 is 47.5 Å². The zero-order valence-electron chi connectivity index (χ0n) is 33.4. The van der Waals surface area contributed by atoms with Gasteiger partial charge < -0.3 is 48.3 Å². The van der Waals surface area contributed by atoms with E-state index in [-0.39, 0.29) is 30.3 Å². The van der Waals surface area contributed by atoms with Crippen molar-refractivity contribution in [3.05, 3.63) is 59.2 Å². The van der Waals surface area contributed by atoms with E-state index < -0.39 is 29.9 Å². The number of esters is 1. The first kappa shape index (κ1) is 42.8. The molecule has 0 aromatic heterocycles. The van der Waals surface area contributed by atoms with Gasteiger partial charge in [-0.15, -0.1) is 0 Å². The highest BCUT2D eigenvalue weighted by molar-refractivity contribution is 5.81. The van der Waals surface area contributed by atoms with Gasteiger partial charge in [-0.2, -0.15) is 0 Å². The van der Waals surface area contributed by atoms with Crippen LogP contribution in [0.15, 0.2) is 42.5 Å². The quantitative estimate of drug-likeness (QED) is 0.108. The number of carbonyl (C=O) groups excluding carboxylic acids is 3. The number of fused-ring (bicyclic) bond motifs is 1. The molecule has 4 rings (SSSR count). The van der Waals surface area contributed by atoms with Crippen LogP contribution in [-0.4, -0.2) is 109 Å². The molecule has 4 atom stereocenters. The summed E-state index contributed by atoms with van der Waals surface area (Å²) in [6, 6.07) is 14.0. The molecule has 1 fully saturated rings. The number of carbonyl (C=O) groups is 3. The average molecular weight is 756 g/mol. The van der Waals surface area contributed by atoms with E-state index in [1.54, 1.807) is 40.0 Å². The molecule has 13 nitrogen and oxygen atoms in total. The highest BCUT2D eigenvalue weighted by Gasteiger charge is 2.44.